The van der Waals surface area contributed by atoms with Gasteiger partial charge in [-0.15, -0.1) is 0 Å². The number of halogens is 1. The third kappa shape index (κ3) is 3.05. The molecule has 0 aliphatic carbocycles. The minimum Gasteiger partial charge on any atom is -0.398 e. The minimum atomic E-state index is -3.14. The lowest BCUT2D eigenvalue weighted by Crippen LogP contribution is -2.30. The van der Waals surface area contributed by atoms with E-state index >= 15 is 0 Å². The van der Waals surface area contributed by atoms with Gasteiger partial charge in [0.2, 0.25) is 0 Å². The molecule has 0 spiro atoms. The van der Waals surface area contributed by atoms with Gasteiger partial charge in [0.25, 0.3) is 0 Å². The third-order valence-corrected chi connectivity index (χ3v) is 6.31. The molecule has 1 heterocycles. The van der Waals surface area contributed by atoms with Crippen molar-refractivity contribution >= 4 is 31.5 Å². The number of benzene rings is 1. The lowest BCUT2D eigenvalue weighted by atomic mass is 10.2. The van der Waals surface area contributed by atoms with Crippen molar-refractivity contribution in [1.29, 1.82) is 0 Å². The molecule has 0 atom stereocenters. The van der Waals surface area contributed by atoms with E-state index in [1.165, 1.54) is 0 Å². The van der Waals surface area contributed by atoms with E-state index in [2.05, 4.69) is 15.9 Å². The number of sulfone groups is 1. The topological polar surface area (TPSA) is 69.4 Å². The van der Waals surface area contributed by atoms with Crippen LogP contribution in [0.2, 0.25) is 0 Å². The van der Waals surface area contributed by atoms with E-state index in [0.717, 1.165) is 5.56 Å². The first-order chi connectivity index (χ1) is 8.50. The lowest BCUT2D eigenvalue weighted by Gasteiger charge is -2.22. The second-order valence-corrected chi connectivity index (χ2v) is 7.51. The van der Waals surface area contributed by atoms with Gasteiger partial charge in [-0.2, -0.15) is 0 Å². The van der Waals surface area contributed by atoms with Gasteiger partial charge in [-0.3, -0.25) is 0 Å². The van der Waals surface area contributed by atoms with Crippen LogP contribution in [0.15, 0.2) is 22.7 Å². The molecule has 1 saturated heterocycles. The quantitative estimate of drug-likeness (QED) is 0.860. The summed E-state index contributed by atoms with van der Waals surface area (Å²) < 4.78 is 30.5. The number of ether oxygens (including phenoxy) is 1. The summed E-state index contributed by atoms with van der Waals surface area (Å²) >= 11 is 3.34. The van der Waals surface area contributed by atoms with Crippen LogP contribution >= 0.6 is 15.9 Å². The highest BCUT2D eigenvalue weighted by molar-refractivity contribution is 9.10. The third-order valence-electron chi connectivity index (χ3n) is 3.14. The Hall–Kier alpha value is -0.590. The zero-order valence-electron chi connectivity index (χ0n) is 9.93. The fraction of sp³-hybridized carbons (Fsp3) is 0.500. The normalized spacial score (nSPS) is 17.8. The van der Waals surface area contributed by atoms with Crippen molar-refractivity contribution in [2.45, 2.75) is 23.8 Å². The average Bonchev–Trinajstić information content (AvgIpc) is 2.36. The fourth-order valence-electron chi connectivity index (χ4n) is 2.08. The summed E-state index contributed by atoms with van der Waals surface area (Å²) in [7, 11) is -3.14. The number of nitrogens with two attached hydrogens (primary N) is 1. The summed E-state index contributed by atoms with van der Waals surface area (Å²) in [6.07, 6.45) is 1.17. The largest absolute Gasteiger partial charge is 0.398 e. The molecule has 1 aromatic rings. The second kappa shape index (κ2) is 5.59. The molecule has 0 radical (unpaired) electrons. The summed E-state index contributed by atoms with van der Waals surface area (Å²) in [6, 6.07) is 5.31. The molecule has 0 bridgehead atoms. The molecule has 0 saturated carbocycles. The van der Waals surface area contributed by atoms with Gasteiger partial charge in [0.15, 0.2) is 9.84 Å². The molecule has 0 aromatic heterocycles. The van der Waals surface area contributed by atoms with Crippen molar-refractivity contribution in [3.8, 4) is 0 Å². The number of hydrogen-bond donors (Lipinski definition) is 1. The maximum Gasteiger partial charge on any atom is 0.157 e. The van der Waals surface area contributed by atoms with E-state index in [1.54, 1.807) is 18.2 Å². The Morgan fingerprint density at radius 1 is 1.33 bits per heavy atom. The van der Waals surface area contributed by atoms with Crippen LogP contribution in [0, 0.1) is 0 Å². The highest BCUT2D eigenvalue weighted by Crippen LogP contribution is 2.28. The smallest absolute Gasteiger partial charge is 0.157 e. The van der Waals surface area contributed by atoms with Gasteiger partial charge in [0.05, 0.1) is 11.0 Å². The first-order valence-electron chi connectivity index (χ1n) is 5.83. The number of anilines is 1. The molecule has 2 N–H and O–H groups in total. The second-order valence-electron chi connectivity index (χ2n) is 4.44. The van der Waals surface area contributed by atoms with Crippen molar-refractivity contribution < 1.29 is 13.2 Å². The zero-order valence-corrected chi connectivity index (χ0v) is 12.3. The van der Waals surface area contributed by atoms with E-state index in [9.17, 15) is 8.42 Å². The van der Waals surface area contributed by atoms with Crippen LogP contribution in [0.1, 0.15) is 18.4 Å². The molecule has 1 aliphatic rings. The monoisotopic (exact) mass is 333 g/mol. The van der Waals surface area contributed by atoms with E-state index < -0.39 is 9.84 Å². The molecule has 1 aromatic carbocycles. The van der Waals surface area contributed by atoms with Crippen LogP contribution in [-0.2, 0) is 20.3 Å². The van der Waals surface area contributed by atoms with Crippen LogP contribution in [0.5, 0.6) is 0 Å². The van der Waals surface area contributed by atoms with Gasteiger partial charge in [0, 0.05) is 23.4 Å². The highest BCUT2D eigenvalue weighted by atomic mass is 79.9. The Kier molecular flexibility index (Phi) is 4.29. The van der Waals surface area contributed by atoms with Crippen molar-refractivity contribution in [3.63, 3.8) is 0 Å². The molecule has 0 unspecified atom stereocenters. The average molecular weight is 334 g/mol. The molecule has 6 heteroatoms. The van der Waals surface area contributed by atoms with Crippen molar-refractivity contribution in [2.75, 3.05) is 18.9 Å². The van der Waals surface area contributed by atoms with E-state index in [4.69, 9.17) is 10.5 Å². The van der Waals surface area contributed by atoms with Crippen molar-refractivity contribution in [1.82, 2.24) is 0 Å². The van der Waals surface area contributed by atoms with Crippen LogP contribution in [0.25, 0.3) is 0 Å². The summed E-state index contributed by atoms with van der Waals surface area (Å²) in [6.45, 7) is 1.06. The van der Waals surface area contributed by atoms with Crippen molar-refractivity contribution in [3.05, 3.63) is 28.2 Å². The Bertz CT molecular complexity index is 524. The zero-order chi connectivity index (χ0) is 13.2. The first kappa shape index (κ1) is 13.8. The van der Waals surface area contributed by atoms with Crippen LogP contribution in [-0.4, -0.2) is 26.9 Å². The lowest BCUT2D eigenvalue weighted by molar-refractivity contribution is 0.0983. The predicted molar refractivity (Wildman–Crippen MR) is 75.0 cm³/mol. The number of nitrogen functional groups attached to an aromatic ring is 1. The molecule has 2 rings (SSSR count). The maximum absolute atomic E-state index is 12.3. The predicted octanol–water partition coefficient (Wildman–Crippen LogP) is 2.13. The Morgan fingerprint density at radius 2 is 2.00 bits per heavy atom. The molecule has 4 nitrogen and oxygen atoms in total. The van der Waals surface area contributed by atoms with E-state index in [1.807, 2.05) is 0 Å². The summed E-state index contributed by atoms with van der Waals surface area (Å²) in [5.41, 5.74) is 7.04. The fourth-order valence-corrected chi connectivity index (χ4v) is 4.49. The molecule has 0 amide bonds. The Balaban J connectivity index is 2.19. The number of rotatable bonds is 3. The molecular formula is C12H16BrNO3S. The Morgan fingerprint density at radius 3 is 2.67 bits per heavy atom. The van der Waals surface area contributed by atoms with Crippen molar-refractivity contribution in [2.24, 2.45) is 0 Å². The first-order valence-corrected chi connectivity index (χ1v) is 8.34. The Labute approximate surface area is 116 Å². The van der Waals surface area contributed by atoms with E-state index in [0.29, 0.717) is 36.2 Å². The van der Waals surface area contributed by atoms with Crippen LogP contribution in [0.3, 0.4) is 0 Å². The highest BCUT2D eigenvalue weighted by Gasteiger charge is 2.28. The summed E-state index contributed by atoms with van der Waals surface area (Å²) in [4.78, 5) is 0. The SMILES string of the molecule is Nc1cccc(CS(=O)(=O)C2CCOCC2)c1Br. The summed E-state index contributed by atoms with van der Waals surface area (Å²) in [5.74, 6) is 0.0310. The molecule has 1 aliphatic heterocycles. The van der Waals surface area contributed by atoms with Gasteiger partial charge in [-0.05, 0) is 40.4 Å². The van der Waals surface area contributed by atoms with Gasteiger partial charge in [0.1, 0.15) is 0 Å². The van der Waals surface area contributed by atoms with Gasteiger partial charge in [-0.1, -0.05) is 12.1 Å². The molecule has 1 fully saturated rings. The van der Waals surface area contributed by atoms with Gasteiger partial charge >= 0.3 is 0 Å². The van der Waals surface area contributed by atoms with E-state index in [-0.39, 0.29) is 11.0 Å². The summed E-state index contributed by atoms with van der Waals surface area (Å²) in [5, 5.41) is -0.292. The maximum atomic E-state index is 12.3. The molecular weight excluding hydrogens is 318 g/mol. The van der Waals surface area contributed by atoms with Gasteiger partial charge < -0.3 is 10.5 Å². The minimum absolute atomic E-state index is 0.0310. The number of hydrogen-bond acceptors (Lipinski definition) is 4. The van der Waals surface area contributed by atoms with Crippen LogP contribution in [0.4, 0.5) is 5.69 Å². The van der Waals surface area contributed by atoms with Crippen LogP contribution < -0.4 is 5.73 Å². The van der Waals surface area contributed by atoms with Gasteiger partial charge in [-0.25, -0.2) is 8.42 Å². The standard InChI is InChI=1S/C12H16BrNO3S/c13-12-9(2-1-3-11(12)14)8-18(15,16)10-4-6-17-7-5-10/h1-3,10H,4-8,14H2. The molecule has 100 valence electrons. The molecule has 18 heavy (non-hydrogen) atoms.